The Kier molecular flexibility index (Phi) is 5.46. The Hall–Kier alpha value is -1.98. The first-order valence-corrected chi connectivity index (χ1v) is 7.19. The fraction of sp³-hybridized carbons (Fsp3) is 0.200. The van der Waals surface area contributed by atoms with Crippen LogP contribution >= 0.6 is 23.2 Å². The van der Waals surface area contributed by atoms with E-state index in [1.807, 2.05) is 0 Å². The fourth-order valence-electron chi connectivity index (χ4n) is 1.66. The lowest BCUT2D eigenvalue weighted by molar-refractivity contribution is -0.129. The molecule has 1 aromatic heterocycles. The van der Waals surface area contributed by atoms with Crippen molar-refractivity contribution in [3.05, 3.63) is 58.0 Å². The lowest BCUT2D eigenvalue weighted by Gasteiger charge is -2.13. The first kappa shape index (κ1) is 16.4. The standard InChI is InChI=1S/C15H13Cl2NO4/c1-9(14(19)18-8-11-3-2-6-21-11)22-15(20)12-7-10(16)4-5-13(12)17/h2-7,9H,8H2,1H3,(H,18,19)/t9-/m0/s1. The number of hydrogen-bond acceptors (Lipinski definition) is 4. The van der Waals surface area contributed by atoms with Gasteiger partial charge in [-0.05, 0) is 37.3 Å². The molecule has 2 rings (SSSR count). The van der Waals surface area contributed by atoms with Crippen molar-refractivity contribution >= 4 is 35.1 Å². The van der Waals surface area contributed by atoms with Crippen molar-refractivity contribution in [3.8, 4) is 0 Å². The van der Waals surface area contributed by atoms with Crippen LogP contribution in [-0.2, 0) is 16.1 Å². The lowest BCUT2D eigenvalue weighted by atomic mass is 10.2. The van der Waals surface area contributed by atoms with Gasteiger partial charge in [0.1, 0.15) is 5.76 Å². The van der Waals surface area contributed by atoms with Crippen LogP contribution in [0.3, 0.4) is 0 Å². The maximum atomic E-state index is 12.0. The predicted molar refractivity (Wildman–Crippen MR) is 81.9 cm³/mol. The number of ether oxygens (including phenoxy) is 1. The van der Waals surface area contributed by atoms with Crippen molar-refractivity contribution in [2.45, 2.75) is 19.6 Å². The van der Waals surface area contributed by atoms with E-state index in [2.05, 4.69) is 5.32 Å². The molecule has 22 heavy (non-hydrogen) atoms. The largest absolute Gasteiger partial charge is 0.467 e. The van der Waals surface area contributed by atoms with Gasteiger partial charge in [-0.25, -0.2) is 4.79 Å². The van der Waals surface area contributed by atoms with E-state index in [-0.39, 0.29) is 17.1 Å². The van der Waals surface area contributed by atoms with Gasteiger partial charge in [-0.1, -0.05) is 23.2 Å². The molecule has 1 N–H and O–H groups in total. The highest BCUT2D eigenvalue weighted by molar-refractivity contribution is 6.35. The monoisotopic (exact) mass is 341 g/mol. The Morgan fingerprint density at radius 2 is 2.09 bits per heavy atom. The molecule has 1 atom stereocenters. The van der Waals surface area contributed by atoms with E-state index in [4.69, 9.17) is 32.4 Å². The molecule has 7 heteroatoms. The lowest BCUT2D eigenvalue weighted by Crippen LogP contribution is -2.35. The van der Waals surface area contributed by atoms with Crippen molar-refractivity contribution in [1.29, 1.82) is 0 Å². The number of carbonyl (C=O) groups is 2. The van der Waals surface area contributed by atoms with Gasteiger partial charge in [-0.2, -0.15) is 0 Å². The maximum Gasteiger partial charge on any atom is 0.340 e. The van der Waals surface area contributed by atoms with E-state index in [0.717, 1.165) is 0 Å². The minimum absolute atomic E-state index is 0.111. The summed E-state index contributed by atoms with van der Waals surface area (Å²) in [5.74, 6) is -0.555. The molecule has 2 aromatic rings. The zero-order chi connectivity index (χ0) is 16.1. The van der Waals surface area contributed by atoms with Crippen molar-refractivity contribution in [2.24, 2.45) is 0 Å². The van der Waals surface area contributed by atoms with Crippen LogP contribution in [0.5, 0.6) is 0 Å². The zero-order valence-electron chi connectivity index (χ0n) is 11.6. The number of benzene rings is 1. The number of halogens is 2. The molecular formula is C15H13Cl2NO4. The van der Waals surface area contributed by atoms with Gasteiger partial charge in [0.05, 0.1) is 23.4 Å². The molecule has 0 bridgehead atoms. The number of carbonyl (C=O) groups excluding carboxylic acids is 2. The second-order valence-corrected chi connectivity index (χ2v) is 5.31. The van der Waals surface area contributed by atoms with Crippen molar-refractivity contribution in [2.75, 3.05) is 0 Å². The second-order valence-electron chi connectivity index (χ2n) is 4.47. The Bertz CT molecular complexity index is 670. The SMILES string of the molecule is C[C@H](OC(=O)c1cc(Cl)ccc1Cl)C(=O)NCc1ccco1. The minimum atomic E-state index is -0.975. The van der Waals surface area contributed by atoms with E-state index in [0.29, 0.717) is 10.8 Å². The summed E-state index contributed by atoms with van der Waals surface area (Å²) in [7, 11) is 0. The average molecular weight is 342 g/mol. The van der Waals surface area contributed by atoms with Crippen LogP contribution in [0.15, 0.2) is 41.0 Å². The number of amides is 1. The molecular weight excluding hydrogens is 329 g/mol. The minimum Gasteiger partial charge on any atom is -0.467 e. The van der Waals surface area contributed by atoms with Crippen LogP contribution in [0, 0.1) is 0 Å². The summed E-state index contributed by atoms with van der Waals surface area (Å²) >= 11 is 11.7. The van der Waals surface area contributed by atoms with Crippen molar-refractivity contribution < 1.29 is 18.7 Å². The van der Waals surface area contributed by atoms with Crippen LogP contribution in [0.2, 0.25) is 10.0 Å². The molecule has 0 aliphatic rings. The van der Waals surface area contributed by atoms with Gasteiger partial charge in [-0.3, -0.25) is 4.79 Å². The van der Waals surface area contributed by atoms with Gasteiger partial charge in [0.15, 0.2) is 6.10 Å². The van der Waals surface area contributed by atoms with Crippen LogP contribution in [-0.4, -0.2) is 18.0 Å². The molecule has 0 aliphatic heterocycles. The average Bonchev–Trinajstić information content (AvgIpc) is 3.00. The molecule has 1 amide bonds. The van der Waals surface area contributed by atoms with Gasteiger partial charge in [0.25, 0.3) is 5.91 Å². The third-order valence-electron chi connectivity index (χ3n) is 2.82. The third-order valence-corrected chi connectivity index (χ3v) is 3.38. The molecule has 5 nitrogen and oxygen atoms in total. The molecule has 1 heterocycles. The molecule has 0 unspecified atom stereocenters. The first-order valence-electron chi connectivity index (χ1n) is 6.43. The van der Waals surface area contributed by atoms with E-state index >= 15 is 0 Å². The second kappa shape index (κ2) is 7.33. The van der Waals surface area contributed by atoms with Crippen LogP contribution in [0.1, 0.15) is 23.0 Å². The highest BCUT2D eigenvalue weighted by Crippen LogP contribution is 2.21. The Morgan fingerprint density at radius 1 is 1.32 bits per heavy atom. The summed E-state index contributed by atoms with van der Waals surface area (Å²) in [6, 6.07) is 7.87. The summed E-state index contributed by atoms with van der Waals surface area (Å²) in [6.07, 6.45) is 0.532. The summed E-state index contributed by atoms with van der Waals surface area (Å²) in [5.41, 5.74) is 0.111. The van der Waals surface area contributed by atoms with Crippen molar-refractivity contribution in [1.82, 2.24) is 5.32 Å². The van der Waals surface area contributed by atoms with E-state index < -0.39 is 18.0 Å². The predicted octanol–water partition coefficient (Wildman–Crippen LogP) is 3.45. The smallest absolute Gasteiger partial charge is 0.340 e. The Balaban J connectivity index is 1.92. The van der Waals surface area contributed by atoms with Crippen LogP contribution in [0.4, 0.5) is 0 Å². The van der Waals surface area contributed by atoms with Gasteiger partial charge >= 0.3 is 5.97 Å². The highest BCUT2D eigenvalue weighted by Gasteiger charge is 2.20. The normalized spacial score (nSPS) is 11.8. The van der Waals surface area contributed by atoms with Crippen molar-refractivity contribution in [3.63, 3.8) is 0 Å². The van der Waals surface area contributed by atoms with Gasteiger partial charge in [-0.15, -0.1) is 0 Å². The quantitative estimate of drug-likeness (QED) is 0.845. The van der Waals surface area contributed by atoms with Crippen LogP contribution < -0.4 is 5.32 Å². The summed E-state index contributed by atoms with van der Waals surface area (Å²) in [6.45, 7) is 1.68. The summed E-state index contributed by atoms with van der Waals surface area (Å²) in [5, 5.41) is 3.16. The van der Waals surface area contributed by atoms with Gasteiger partial charge in [0.2, 0.25) is 0 Å². The number of hydrogen-bond donors (Lipinski definition) is 1. The zero-order valence-corrected chi connectivity index (χ0v) is 13.1. The summed E-state index contributed by atoms with van der Waals surface area (Å²) < 4.78 is 10.2. The number of esters is 1. The number of rotatable bonds is 5. The maximum absolute atomic E-state index is 12.0. The Labute approximate surface area is 137 Å². The molecule has 0 spiro atoms. The van der Waals surface area contributed by atoms with Gasteiger partial charge in [0, 0.05) is 5.02 Å². The highest BCUT2D eigenvalue weighted by atomic mass is 35.5. The molecule has 116 valence electrons. The topological polar surface area (TPSA) is 68.5 Å². The molecule has 0 fully saturated rings. The molecule has 0 radical (unpaired) electrons. The van der Waals surface area contributed by atoms with Gasteiger partial charge < -0.3 is 14.5 Å². The molecule has 0 saturated carbocycles. The number of furan rings is 1. The van der Waals surface area contributed by atoms with E-state index in [1.165, 1.54) is 25.3 Å². The fourth-order valence-corrected chi connectivity index (χ4v) is 2.03. The Morgan fingerprint density at radius 3 is 2.77 bits per heavy atom. The first-order chi connectivity index (χ1) is 10.5. The van der Waals surface area contributed by atoms with Crippen LogP contribution in [0.25, 0.3) is 0 Å². The van der Waals surface area contributed by atoms with E-state index in [1.54, 1.807) is 18.2 Å². The molecule has 0 saturated heterocycles. The molecule has 1 aromatic carbocycles. The third kappa shape index (κ3) is 4.26. The summed E-state index contributed by atoms with van der Waals surface area (Å²) in [4.78, 5) is 23.9. The molecule has 0 aliphatic carbocycles. The van der Waals surface area contributed by atoms with E-state index in [9.17, 15) is 9.59 Å². The number of nitrogens with one attached hydrogen (secondary N) is 1.